The maximum atomic E-state index is 5.29. The fourth-order valence-electron chi connectivity index (χ4n) is 1.20. The normalized spacial score (nSPS) is 25.1. The summed E-state index contributed by atoms with van der Waals surface area (Å²) in [7, 11) is 0. The van der Waals surface area contributed by atoms with Crippen molar-refractivity contribution in [1.82, 2.24) is 5.32 Å². The standard InChI is InChI=1S/C12H19NO/c1-10-8-11(12(2,3)4)6-5-7-14-9-13-10/h5-6,8,13H,1,7,9H2,2-4H3/b6-5-,11-8+. The zero-order chi connectivity index (χ0) is 10.6. The van der Waals surface area contributed by atoms with Crippen LogP contribution in [0, 0.1) is 5.41 Å². The van der Waals surface area contributed by atoms with Crippen LogP contribution < -0.4 is 5.32 Å². The Hall–Kier alpha value is -1.02. The molecule has 0 spiro atoms. The molecule has 0 aliphatic carbocycles. The highest BCUT2D eigenvalue weighted by atomic mass is 16.5. The second-order valence-corrected chi connectivity index (χ2v) is 4.47. The first-order chi connectivity index (χ1) is 6.50. The van der Waals surface area contributed by atoms with Gasteiger partial charge in [0.2, 0.25) is 0 Å². The Morgan fingerprint density at radius 1 is 1.43 bits per heavy atom. The third-order valence-corrected chi connectivity index (χ3v) is 2.11. The lowest BCUT2D eigenvalue weighted by Gasteiger charge is -2.20. The molecule has 0 saturated heterocycles. The Bertz CT molecular complexity index is 269. The summed E-state index contributed by atoms with van der Waals surface area (Å²) in [6.07, 6.45) is 6.22. The fourth-order valence-corrected chi connectivity index (χ4v) is 1.20. The second kappa shape index (κ2) is 4.47. The van der Waals surface area contributed by atoms with E-state index in [1.807, 2.05) is 6.08 Å². The zero-order valence-electron chi connectivity index (χ0n) is 9.26. The molecular formula is C12H19NO. The number of rotatable bonds is 0. The number of hydrogen-bond acceptors (Lipinski definition) is 2. The molecule has 1 rings (SSSR count). The minimum Gasteiger partial charge on any atom is -0.363 e. The van der Waals surface area contributed by atoms with Crippen LogP contribution in [0.1, 0.15) is 20.8 Å². The molecule has 0 fully saturated rings. The first-order valence-electron chi connectivity index (χ1n) is 4.89. The van der Waals surface area contributed by atoms with Crippen LogP contribution in [0.25, 0.3) is 0 Å². The average molecular weight is 193 g/mol. The maximum absolute atomic E-state index is 5.29. The third-order valence-electron chi connectivity index (χ3n) is 2.11. The summed E-state index contributed by atoms with van der Waals surface area (Å²) in [6.45, 7) is 11.7. The maximum Gasteiger partial charge on any atom is 0.116 e. The zero-order valence-corrected chi connectivity index (χ0v) is 9.26. The Morgan fingerprint density at radius 2 is 2.14 bits per heavy atom. The van der Waals surface area contributed by atoms with Crippen molar-refractivity contribution in [1.29, 1.82) is 0 Å². The molecule has 14 heavy (non-hydrogen) atoms. The van der Waals surface area contributed by atoms with Gasteiger partial charge in [-0.1, -0.05) is 39.5 Å². The molecule has 1 heterocycles. The van der Waals surface area contributed by atoms with E-state index < -0.39 is 0 Å². The molecular weight excluding hydrogens is 174 g/mol. The molecule has 1 N–H and O–H groups in total. The Balaban J connectivity index is 2.89. The van der Waals surface area contributed by atoms with Crippen molar-refractivity contribution in [2.75, 3.05) is 13.3 Å². The van der Waals surface area contributed by atoms with Crippen LogP contribution in [0.15, 0.2) is 36.1 Å². The first kappa shape index (κ1) is 11.1. The SMILES string of the molecule is C=C1/C=C(C(C)(C)C)\C=C/COCN1. The van der Waals surface area contributed by atoms with Gasteiger partial charge >= 0.3 is 0 Å². The third kappa shape index (κ3) is 3.38. The van der Waals surface area contributed by atoms with E-state index in [4.69, 9.17) is 4.74 Å². The molecule has 0 bridgehead atoms. The first-order valence-corrected chi connectivity index (χ1v) is 4.89. The molecule has 1 aliphatic heterocycles. The summed E-state index contributed by atoms with van der Waals surface area (Å²) in [4.78, 5) is 0. The van der Waals surface area contributed by atoms with Crippen LogP contribution in [0.3, 0.4) is 0 Å². The lowest BCUT2D eigenvalue weighted by molar-refractivity contribution is 0.151. The van der Waals surface area contributed by atoms with Crippen molar-refractivity contribution in [2.24, 2.45) is 5.41 Å². The highest BCUT2D eigenvalue weighted by Gasteiger charge is 2.14. The summed E-state index contributed by atoms with van der Waals surface area (Å²) < 4.78 is 5.29. The average Bonchev–Trinajstić information content (AvgIpc) is 2.15. The van der Waals surface area contributed by atoms with E-state index >= 15 is 0 Å². The molecule has 1 aliphatic rings. The van der Waals surface area contributed by atoms with Gasteiger partial charge in [0.15, 0.2) is 0 Å². The van der Waals surface area contributed by atoms with Crippen molar-refractivity contribution < 1.29 is 4.74 Å². The van der Waals surface area contributed by atoms with Gasteiger partial charge in [0.1, 0.15) is 6.73 Å². The largest absolute Gasteiger partial charge is 0.363 e. The molecule has 0 aromatic heterocycles. The van der Waals surface area contributed by atoms with Gasteiger partial charge in [-0.15, -0.1) is 0 Å². The topological polar surface area (TPSA) is 21.3 Å². The highest BCUT2D eigenvalue weighted by Crippen LogP contribution is 2.27. The summed E-state index contributed by atoms with van der Waals surface area (Å²) in [6, 6.07) is 0. The number of hydrogen-bond donors (Lipinski definition) is 1. The van der Waals surface area contributed by atoms with E-state index in [-0.39, 0.29) is 5.41 Å². The van der Waals surface area contributed by atoms with E-state index in [0.717, 1.165) is 5.70 Å². The minimum atomic E-state index is 0.144. The summed E-state index contributed by atoms with van der Waals surface area (Å²) >= 11 is 0. The summed E-state index contributed by atoms with van der Waals surface area (Å²) in [5, 5.41) is 3.09. The van der Waals surface area contributed by atoms with Gasteiger partial charge in [0.05, 0.1) is 6.61 Å². The van der Waals surface area contributed by atoms with Crippen LogP contribution in [-0.2, 0) is 4.74 Å². The van der Waals surface area contributed by atoms with E-state index in [9.17, 15) is 0 Å². The fraction of sp³-hybridized carbons (Fsp3) is 0.500. The van der Waals surface area contributed by atoms with Gasteiger partial charge in [0.25, 0.3) is 0 Å². The predicted molar refractivity (Wildman–Crippen MR) is 59.8 cm³/mol. The van der Waals surface area contributed by atoms with Crippen molar-refractivity contribution in [3.05, 3.63) is 36.1 Å². The number of nitrogens with one attached hydrogen (secondary N) is 1. The van der Waals surface area contributed by atoms with E-state index in [0.29, 0.717) is 13.3 Å². The molecule has 0 unspecified atom stereocenters. The van der Waals surface area contributed by atoms with E-state index in [2.05, 4.69) is 44.8 Å². The Kier molecular flexibility index (Phi) is 3.53. The van der Waals surface area contributed by atoms with Crippen molar-refractivity contribution in [2.45, 2.75) is 20.8 Å². The van der Waals surface area contributed by atoms with Gasteiger partial charge in [0, 0.05) is 5.70 Å². The van der Waals surface area contributed by atoms with Crippen molar-refractivity contribution >= 4 is 0 Å². The molecule has 0 aromatic carbocycles. The van der Waals surface area contributed by atoms with E-state index in [1.165, 1.54) is 5.57 Å². The number of ether oxygens (including phenoxy) is 1. The monoisotopic (exact) mass is 193 g/mol. The van der Waals surface area contributed by atoms with Gasteiger partial charge in [-0.25, -0.2) is 0 Å². The van der Waals surface area contributed by atoms with Crippen LogP contribution in [0.2, 0.25) is 0 Å². The second-order valence-electron chi connectivity index (χ2n) is 4.47. The van der Waals surface area contributed by atoms with Crippen LogP contribution in [-0.4, -0.2) is 13.3 Å². The summed E-state index contributed by atoms with van der Waals surface area (Å²) in [5.41, 5.74) is 2.31. The summed E-state index contributed by atoms with van der Waals surface area (Å²) in [5.74, 6) is 0. The minimum absolute atomic E-state index is 0.144. The predicted octanol–water partition coefficient (Wildman–Crippen LogP) is 2.61. The molecule has 0 saturated carbocycles. The van der Waals surface area contributed by atoms with Crippen LogP contribution >= 0.6 is 0 Å². The smallest absolute Gasteiger partial charge is 0.116 e. The lowest BCUT2D eigenvalue weighted by atomic mass is 9.85. The van der Waals surface area contributed by atoms with Gasteiger partial charge < -0.3 is 10.1 Å². The van der Waals surface area contributed by atoms with E-state index in [1.54, 1.807) is 0 Å². The highest BCUT2D eigenvalue weighted by molar-refractivity contribution is 5.32. The van der Waals surface area contributed by atoms with Crippen molar-refractivity contribution in [3.8, 4) is 0 Å². The quantitative estimate of drug-likeness (QED) is 0.638. The van der Waals surface area contributed by atoms with Crippen LogP contribution in [0.5, 0.6) is 0 Å². The number of allylic oxidation sites excluding steroid dienone is 3. The molecule has 0 radical (unpaired) electrons. The van der Waals surface area contributed by atoms with Gasteiger partial charge in [-0.2, -0.15) is 0 Å². The molecule has 0 aromatic rings. The van der Waals surface area contributed by atoms with Crippen molar-refractivity contribution in [3.63, 3.8) is 0 Å². The van der Waals surface area contributed by atoms with Gasteiger partial charge in [-0.3, -0.25) is 0 Å². The Labute approximate surface area is 86.3 Å². The lowest BCUT2D eigenvalue weighted by Crippen LogP contribution is -2.16. The van der Waals surface area contributed by atoms with Gasteiger partial charge in [-0.05, 0) is 17.1 Å². The Morgan fingerprint density at radius 3 is 2.79 bits per heavy atom. The molecule has 2 heteroatoms. The molecule has 78 valence electrons. The molecule has 2 nitrogen and oxygen atoms in total. The molecule has 0 amide bonds. The van der Waals surface area contributed by atoms with Crippen LogP contribution in [0.4, 0.5) is 0 Å². The molecule has 0 atom stereocenters.